The van der Waals surface area contributed by atoms with Crippen molar-refractivity contribution in [2.24, 2.45) is 0 Å². The maximum atomic E-state index is 15.0. The van der Waals surface area contributed by atoms with Gasteiger partial charge in [-0.05, 0) is 51.7 Å². The number of pyridine rings is 1. The van der Waals surface area contributed by atoms with Gasteiger partial charge in [0.05, 0.1) is 31.0 Å². The summed E-state index contributed by atoms with van der Waals surface area (Å²) in [5, 5.41) is 0. The zero-order chi connectivity index (χ0) is 24.9. The van der Waals surface area contributed by atoms with E-state index in [0.29, 0.717) is 49.0 Å². The number of fused-ring (bicyclic) bond motifs is 1. The number of hydrogen-bond acceptors (Lipinski definition) is 7. The summed E-state index contributed by atoms with van der Waals surface area (Å²) in [5.74, 6) is 0.124. The summed E-state index contributed by atoms with van der Waals surface area (Å²) in [5.41, 5.74) is 1.73. The summed E-state index contributed by atoms with van der Waals surface area (Å²) in [6.45, 7) is 6.57. The first-order chi connectivity index (χ1) is 16.9. The van der Waals surface area contributed by atoms with Gasteiger partial charge in [0, 0.05) is 23.8 Å². The van der Waals surface area contributed by atoms with Crippen LogP contribution < -0.4 is 14.4 Å². The summed E-state index contributed by atoms with van der Waals surface area (Å²) in [7, 11) is 3.96. The highest BCUT2D eigenvalue weighted by Gasteiger charge is 2.26. The molecule has 0 saturated heterocycles. The van der Waals surface area contributed by atoms with Gasteiger partial charge in [-0.15, -0.1) is 0 Å². The Labute approximate surface area is 204 Å². The predicted molar refractivity (Wildman–Crippen MR) is 131 cm³/mol. The zero-order valence-electron chi connectivity index (χ0n) is 20.6. The van der Waals surface area contributed by atoms with Crippen LogP contribution in [0.5, 0.6) is 11.5 Å². The van der Waals surface area contributed by atoms with E-state index in [-0.39, 0.29) is 17.5 Å². The minimum absolute atomic E-state index is 0.0509. The molecule has 0 amide bonds. The number of rotatable bonds is 9. The van der Waals surface area contributed by atoms with E-state index in [0.717, 1.165) is 24.9 Å². The topological polar surface area (TPSA) is 63.6 Å². The highest BCUT2D eigenvalue weighted by atomic mass is 19.1. The molecule has 1 aliphatic rings. The molecular formula is C26H31F2N5O2. The van der Waals surface area contributed by atoms with Gasteiger partial charge in [-0.3, -0.25) is 4.98 Å². The lowest BCUT2D eigenvalue weighted by Gasteiger charge is -2.36. The normalized spacial score (nSPS) is 14.0. The first kappa shape index (κ1) is 24.8. The maximum absolute atomic E-state index is 15.0. The molecule has 4 rings (SSSR count). The molecule has 0 bridgehead atoms. The first-order valence-electron chi connectivity index (χ1n) is 11.8. The second kappa shape index (κ2) is 10.9. The Morgan fingerprint density at radius 3 is 2.69 bits per heavy atom. The molecule has 2 aromatic heterocycles. The van der Waals surface area contributed by atoms with Crippen LogP contribution in [0.3, 0.4) is 0 Å². The largest absolute Gasteiger partial charge is 0.491 e. The van der Waals surface area contributed by atoms with Crippen molar-refractivity contribution in [3.63, 3.8) is 0 Å². The van der Waals surface area contributed by atoms with Crippen molar-refractivity contribution in [1.29, 1.82) is 0 Å². The van der Waals surface area contributed by atoms with E-state index in [1.54, 1.807) is 12.3 Å². The van der Waals surface area contributed by atoms with Gasteiger partial charge in [-0.1, -0.05) is 6.92 Å². The Morgan fingerprint density at radius 1 is 1.14 bits per heavy atom. The lowest BCUT2D eigenvalue weighted by atomic mass is 10.1. The van der Waals surface area contributed by atoms with Crippen molar-refractivity contribution in [2.45, 2.75) is 32.7 Å². The van der Waals surface area contributed by atoms with Crippen molar-refractivity contribution in [3.05, 3.63) is 59.8 Å². The summed E-state index contributed by atoms with van der Waals surface area (Å²) >= 11 is 0. The Balaban J connectivity index is 1.57. The molecular weight excluding hydrogens is 452 g/mol. The van der Waals surface area contributed by atoms with Crippen LogP contribution in [0.25, 0.3) is 11.3 Å². The van der Waals surface area contributed by atoms with Gasteiger partial charge >= 0.3 is 0 Å². The van der Waals surface area contributed by atoms with E-state index in [2.05, 4.69) is 33.7 Å². The minimum Gasteiger partial charge on any atom is -0.491 e. The van der Waals surface area contributed by atoms with Crippen molar-refractivity contribution in [2.75, 3.05) is 45.3 Å². The summed E-state index contributed by atoms with van der Waals surface area (Å²) in [6.07, 6.45) is 3.97. The van der Waals surface area contributed by atoms with E-state index in [1.807, 2.05) is 31.1 Å². The second-order valence-corrected chi connectivity index (χ2v) is 8.90. The van der Waals surface area contributed by atoms with Gasteiger partial charge in [0.25, 0.3) is 0 Å². The molecule has 3 heterocycles. The Morgan fingerprint density at radius 2 is 1.97 bits per heavy atom. The molecule has 0 saturated carbocycles. The van der Waals surface area contributed by atoms with Crippen molar-refractivity contribution in [1.82, 2.24) is 19.9 Å². The van der Waals surface area contributed by atoms with Crippen LogP contribution in [-0.4, -0.2) is 66.3 Å². The standard InChI is InChI=1S/C26H31F2N5O2/c1-5-17(2)33-9-11-35-26-21(27)12-18(13-23(26)33)25-22(28)16-30-24(31-25)14-19-6-7-20(15-29-19)34-10-8-32(3)4/h6-7,12-13,15-17H,5,8-11,14H2,1-4H3. The molecule has 0 radical (unpaired) electrons. The smallest absolute Gasteiger partial charge is 0.178 e. The molecule has 1 unspecified atom stereocenters. The molecule has 3 aromatic rings. The van der Waals surface area contributed by atoms with E-state index < -0.39 is 11.6 Å². The summed E-state index contributed by atoms with van der Waals surface area (Å²) in [4.78, 5) is 17.1. The molecule has 0 fully saturated rings. The molecule has 1 aromatic carbocycles. The highest BCUT2D eigenvalue weighted by Crippen LogP contribution is 2.39. The van der Waals surface area contributed by atoms with E-state index in [4.69, 9.17) is 9.47 Å². The lowest BCUT2D eigenvalue weighted by molar-refractivity contribution is 0.260. The zero-order valence-corrected chi connectivity index (χ0v) is 20.6. The number of anilines is 1. The highest BCUT2D eigenvalue weighted by molar-refractivity contribution is 5.72. The third kappa shape index (κ3) is 5.85. The Hall–Kier alpha value is -3.33. The van der Waals surface area contributed by atoms with Crippen LogP contribution in [0.1, 0.15) is 31.8 Å². The van der Waals surface area contributed by atoms with Gasteiger partial charge in [-0.2, -0.15) is 0 Å². The van der Waals surface area contributed by atoms with Gasteiger partial charge in [0.15, 0.2) is 17.4 Å². The van der Waals surface area contributed by atoms with Gasteiger partial charge in [-0.25, -0.2) is 18.7 Å². The van der Waals surface area contributed by atoms with Crippen LogP contribution in [-0.2, 0) is 6.42 Å². The fourth-order valence-corrected chi connectivity index (χ4v) is 3.92. The molecule has 0 N–H and O–H groups in total. The third-order valence-corrected chi connectivity index (χ3v) is 6.05. The molecule has 1 aliphatic heterocycles. The molecule has 9 heteroatoms. The fourth-order valence-electron chi connectivity index (χ4n) is 3.92. The summed E-state index contributed by atoms with van der Waals surface area (Å²) < 4.78 is 41.0. The number of likely N-dealkylation sites (N-methyl/N-ethyl adjacent to an activating group) is 1. The van der Waals surface area contributed by atoms with Crippen molar-refractivity contribution >= 4 is 5.69 Å². The molecule has 35 heavy (non-hydrogen) atoms. The third-order valence-electron chi connectivity index (χ3n) is 6.05. The van der Waals surface area contributed by atoms with Crippen molar-refractivity contribution < 1.29 is 18.3 Å². The Kier molecular flexibility index (Phi) is 7.75. The molecule has 7 nitrogen and oxygen atoms in total. The van der Waals surface area contributed by atoms with E-state index in [1.165, 1.54) is 6.07 Å². The van der Waals surface area contributed by atoms with Gasteiger partial charge < -0.3 is 19.3 Å². The first-order valence-corrected chi connectivity index (χ1v) is 11.8. The Bertz CT molecular complexity index is 1160. The van der Waals surface area contributed by atoms with Gasteiger partial charge in [0.2, 0.25) is 0 Å². The van der Waals surface area contributed by atoms with Gasteiger partial charge in [0.1, 0.15) is 30.5 Å². The van der Waals surface area contributed by atoms with Crippen LogP contribution in [0.15, 0.2) is 36.7 Å². The number of hydrogen-bond donors (Lipinski definition) is 0. The lowest BCUT2D eigenvalue weighted by Crippen LogP contribution is -2.39. The maximum Gasteiger partial charge on any atom is 0.178 e. The average Bonchev–Trinajstić information content (AvgIpc) is 2.85. The molecule has 0 spiro atoms. The van der Waals surface area contributed by atoms with Crippen molar-refractivity contribution in [3.8, 4) is 22.8 Å². The number of aromatic nitrogens is 3. The summed E-state index contributed by atoms with van der Waals surface area (Å²) in [6, 6.07) is 6.88. The van der Waals surface area contributed by atoms with Crippen LogP contribution in [0.2, 0.25) is 0 Å². The monoisotopic (exact) mass is 483 g/mol. The SMILES string of the molecule is CCC(C)N1CCOc2c(F)cc(-c3nc(Cc4ccc(OCCN(C)C)cn4)ncc3F)cc21. The fraction of sp³-hybridized carbons (Fsp3) is 0.423. The number of nitrogens with zero attached hydrogens (tertiary/aromatic N) is 5. The second-order valence-electron chi connectivity index (χ2n) is 8.90. The van der Waals surface area contributed by atoms with E-state index in [9.17, 15) is 8.78 Å². The number of ether oxygens (including phenoxy) is 2. The predicted octanol–water partition coefficient (Wildman–Crippen LogP) is 4.35. The van der Waals surface area contributed by atoms with Crippen LogP contribution >= 0.6 is 0 Å². The molecule has 1 atom stereocenters. The van der Waals surface area contributed by atoms with Crippen LogP contribution in [0, 0.1) is 11.6 Å². The quantitative estimate of drug-likeness (QED) is 0.449. The van der Waals surface area contributed by atoms with Crippen LogP contribution in [0.4, 0.5) is 14.5 Å². The number of benzene rings is 1. The number of halogens is 2. The minimum atomic E-state index is -0.613. The molecule has 0 aliphatic carbocycles. The average molecular weight is 484 g/mol. The molecule has 186 valence electrons. The van der Waals surface area contributed by atoms with E-state index >= 15 is 0 Å².